The zero-order valence-electron chi connectivity index (χ0n) is 13.3. The van der Waals surface area contributed by atoms with Gasteiger partial charge in [-0.05, 0) is 64.1 Å². The first-order valence-corrected chi connectivity index (χ1v) is 7.95. The van der Waals surface area contributed by atoms with Crippen LogP contribution in [0, 0.1) is 12.8 Å². The summed E-state index contributed by atoms with van der Waals surface area (Å²) < 4.78 is 0. The average Bonchev–Trinajstić information content (AvgIpc) is 2.49. The van der Waals surface area contributed by atoms with E-state index in [1.165, 1.54) is 32.5 Å². The topological polar surface area (TPSA) is 20.2 Å². The normalized spacial score (nSPS) is 12.2. The Labute approximate surface area is 130 Å². The fraction of sp³-hybridized carbons (Fsp3) is 0.238. The second-order valence-electron chi connectivity index (χ2n) is 6.79. The smallest absolute Gasteiger partial charge is 0.126 e. The van der Waals surface area contributed by atoms with Crippen LogP contribution in [0.4, 0.5) is 0 Å². The highest BCUT2D eigenvalue weighted by Gasteiger charge is 2.15. The summed E-state index contributed by atoms with van der Waals surface area (Å²) in [5.74, 6) is 0.985. The van der Waals surface area contributed by atoms with Crippen LogP contribution in [0.15, 0.2) is 42.5 Å². The summed E-state index contributed by atoms with van der Waals surface area (Å²) in [4.78, 5) is 0. The van der Waals surface area contributed by atoms with Crippen LogP contribution < -0.4 is 0 Å². The zero-order valence-corrected chi connectivity index (χ0v) is 13.3. The summed E-state index contributed by atoms with van der Waals surface area (Å²) in [6.07, 6.45) is 0.904. The number of aryl methyl sites for hydroxylation is 1. The van der Waals surface area contributed by atoms with Crippen LogP contribution in [0.2, 0.25) is 0 Å². The summed E-state index contributed by atoms with van der Waals surface area (Å²) in [6, 6.07) is 15.1. The zero-order chi connectivity index (χ0) is 15.4. The lowest BCUT2D eigenvalue weighted by Crippen LogP contribution is -1.96. The highest BCUT2D eigenvalue weighted by atomic mass is 16.3. The lowest BCUT2D eigenvalue weighted by molar-refractivity contribution is 0.469. The minimum absolute atomic E-state index is 0.456. The predicted molar refractivity (Wildman–Crippen MR) is 95.1 cm³/mol. The standard InChI is InChI=1S/C21H20O/c1-12(2)10-16-11-15-7-6-14-5-4-13(3)17-8-9-18(21(16)22)20(15)19(14)17/h4-9,11-12,22H,10H2,1-3H3. The second kappa shape index (κ2) is 4.61. The van der Waals surface area contributed by atoms with Crippen molar-refractivity contribution in [2.45, 2.75) is 27.2 Å². The van der Waals surface area contributed by atoms with Gasteiger partial charge in [-0.3, -0.25) is 0 Å². The molecule has 4 aromatic rings. The molecule has 0 saturated heterocycles. The van der Waals surface area contributed by atoms with Gasteiger partial charge in [-0.1, -0.05) is 44.2 Å². The van der Waals surface area contributed by atoms with E-state index in [4.69, 9.17) is 0 Å². The van der Waals surface area contributed by atoms with Crippen molar-refractivity contribution < 1.29 is 5.11 Å². The molecule has 0 heterocycles. The molecule has 0 aliphatic carbocycles. The number of hydrogen-bond acceptors (Lipinski definition) is 1. The molecule has 0 aliphatic rings. The molecule has 110 valence electrons. The van der Waals surface area contributed by atoms with E-state index in [2.05, 4.69) is 63.2 Å². The van der Waals surface area contributed by atoms with E-state index in [9.17, 15) is 5.11 Å². The van der Waals surface area contributed by atoms with E-state index in [0.29, 0.717) is 11.7 Å². The Balaban J connectivity index is 2.20. The molecular formula is C21H20O. The summed E-state index contributed by atoms with van der Waals surface area (Å²) in [5.41, 5.74) is 2.34. The van der Waals surface area contributed by atoms with Crippen molar-refractivity contribution in [2.24, 2.45) is 5.92 Å². The number of aromatic hydroxyl groups is 1. The molecule has 0 bridgehead atoms. The third kappa shape index (κ3) is 1.78. The fourth-order valence-electron chi connectivity index (χ4n) is 3.66. The molecule has 0 amide bonds. The van der Waals surface area contributed by atoms with Gasteiger partial charge in [0.1, 0.15) is 5.75 Å². The highest BCUT2D eigenvalue weighted by molar-refractivity contribution is 6.24. The number of phenols is 1. The van der Waals surface area contributed by atoms with Gasteiger partial charge in [-0.2, -0.15) is 0 Å². The Hall–Kier alpha value is -2.28. The van der Waals surface area contributed by atoms with Crippen LogP contribution in [0.3, 0.4) is 0 Å². The van der Waals surface area contributed by atoms with Gasteiger partial charge in [0.15, 0.2) is 0 Å². The van der Waals surface area contributed by atoms with Gasteiger partial charge in [0, 0.05) is 10.8 Å². The first kappa shape index (κ1) is 13.4. The van der Waals surface area contributed by atoms with Crippen LogP contribution in [0.5, 0.6) is 5.75 Å². The van der Waals surface area contributed by atoms with E-state index < -0.39 is 0 Å². The van der Waals surface area contributed by atoms with Crippen LogP contribution in [-0.2, 0) is 6.42 Å². The first-order valence-electron chi connectivity index (χ1n) is 7.95. The summed E-state index contributed by atoms with van der Waals surface area (Å²) >= 11 is 0. The minimum Gasteiger partial charge on any atom is -0.507 e. The van der Waals surface area contributed by atoms with Crippen molar-refractivity contribution in [1.29, 1.82) is 0 Å². The van der Waals surface area contributed by atoms with Crippen molar-refractivity contribution in [2.75, 3.05) is 0 Å². The van der Waals surface area contributed by atoms with Gasteiger partial charge >= 0.3 is 0 Å². The van der Waals surface area contributed by atoms with Crippen LogP contribution in [0.1, 0.15) is 25.0 Å². The van der Waals surface area contributed by atoms with Crippen LogP contribution >= 0.6 is 0 Å². The lowest BCUT2D eigenvalue weighted by Gasteiger charge is -2.16. The van der Waals surface area contributed by atoms with Crippen molar-refractivity contribution in [3.8, 4) is 5.75 Å². The Morgan fingerprint density at radius 3 is 2.27 bits per heavy atom. The monoisotopic (exact) mass is 288 g/mol. The lowest BCUT2D eigenvalue weighted by atomic mass is 9.89. The van der Waals surface area contributed by atoms with E-state index >= 15 is 0 Å². The molecule has 22 heavy (non-hydrogen) atoms. The van der Waals surface area contributed by atoms with E-state index in [-0.39, 0.29) is 0 Å². The summed E-state index contributed by atoms with van der Waals surface area (Å²) in [7, 11) is 0. The second-order valence-corrected chi connectivity index (χ2v) is 6.79. The molecule has 4 aromatic carbocycles. The van der Waals surface area contributed by atoms with E-state index in [1.54, 1.807) is 0 Å². The number of benzene rings is 4. The largest absolute Gasteiger partial charge is 0.507 e. The SMILES string of the molecule is Cc1ccc2ccc3cc(CC(C)C)c(O)c4ccc1c2c34. The summed E-state index contributed by atoms with van der Waals surface area (Å²) in [6.45, 7) is 6.52. The molecule has 0 radical (unpaired) electrons. The van der Waals surface area contributed by atoms with Crippen molar-refractivity contribution in [3.63, 3.8) is 0 Å². The quantitative estimate of drug-likeness (QED) is 0.462. The van der Waals surface area contributed by atoms with Crippen molar-refractivity contribution in [3.05, 3.63) is 53.6 Å². The maximum atomic E-state index is 10.7. The van der Waals surface area contributed by atoms with Gasteiger partial charge in [-0.25, -0.2) is 0 Å². The Kier molecular flexibility index (Phi) is 2.80. The van der Waals surface area contributed by atoms with Gasteiger partial charge < -0.3 is 5.11 Å². The molecule has 4 rings (SSSR count). The molecule has 1 N–H and O–H groups in total. The van der Waals surface area contributed by atoms with Gasteiger partial charge in [0.25, 0.3) is 0 Å². The fourth-order valence-corrected chi connectivity index (χ4v) is 3.66. The third-order valence-electron chi connectivity index (χ3n) is 4.68. The number of phenolic OH excluding ortho intramolecular Hbond substituents is 1. The van der Waals surface area contributed by atoms with E-state index in [0.717, 1.165) is 17.4 Å². The van der Waals surface area contributed by atoms with E-state index in [1.807, 2.05) is 0 Å². The first-order chi connectivity index (χ1) is 10.6. The van der Waals surface area contributed by atoms with Crippen molar-refractivity contribution >= 4 is 32.3 Å². The van der Waals surface area contributed by atoms with Gasteiger partial charge in [0.05, 0.1) is 0 Å². The number of hydrogen-bond donors (Lipinski definition) is 1. The van der Waals surface area contributed by atoms with Crippen LogP contribution in [-0.4, -0.2) is 5.11 Å². The maximum absolute atomic E-state index is 10.7. The Morgan fingerprint density at radius 2 is 1.50 bits per heavy atom. The van der Waals surface area contributed by atoms with Crippen molar-refractivity contribution in [1.82, 2.24) is 0 Å². The molecule has 0 unspecified atom stereocenters. The summed E-state index contributed by atoms with van der Waals surface area (Å²) in [5, 5.41) is 18.0. The minimum atomic E-state index is 0.456. The van der Waals surface area contributed by atoms with Gasteiger partial charge in [-0.15, -0.1) is 0 Å². The molecule has 0 aliphatic heterocycles. The average molecular weight is 288 g/mol. The predicted octanol–water partition coefficient (Wildman–Crippen LogP) is 5.80. The number of rotatable bonds is 2. The Bertz CT molecular complexity index is 995. The Morgan fingerprint density at radius 1 is 0.864 bits per heavy atom. The maximum Gasteiger partial charge on any atom is 0.126 e. The third-order valence-corrected chi connectivity index (χ3v) is 4.68. The molecule has 0 spiro atoms. The molecule has 0 atom stereocenters. The molecule has 1 nitrogen and oxygen atoms in total. The molecule has 1 heteroatoms. The highest BCUT2D eigenvalue weighted by Crippen LogP contribution is 2.41. The van der Waals surface area contributed by atoms with Gasteiger partial charge in [0.2, 0.25) is 0 Å². The molecule has 0 aromatic heterocycles. The van der Waals surface area contributed by atoms with Crippen LogP contribution in [0.25, 0.3) is 32.3 Å². The molecule has 0 saturated carbocycles. The molecule has 0 fully saturated rings. The molecular weight excluding hydrogens is 268 g/mol.